The first-order valence-electron chi connectivity index (χ1n) is 9.17. The Labute approximate surface area is 183 Å². The number of hydrogen-bond acceptors (Lipinski definition) is 5. The molecule has 29 heavy (non-hydrogen) atoms. The summed E-state index contributed by atoms with van der Waals surface area (Å²) in [5.41, 5.74) is 1.52. The van der Waals surface area contributed by atoms with Crippen LogP contribution in [0.4, 0.5) is 0 Å². The van der Waals surface area contributed by atoms with Crippen molar-refractivity contribution in [2.45, 2.75) is 26.7 Å². The summed E-state index contributed by atoms with van der Waals surface area (Å²) in [6.07, 6.45) is 1.46. The first-order valence-corrected chi connectivity index (χ1v) is 10.7. The van der Waals surface area contributed by atoms with E-state index in [1.54, 1.807) is 37.3 Å². The Hall–Kier alpha value is -2.08. The maximum atomic E-state index is 12.9. The van der Waals surface area contributed by atoms with E-state index in [1.165, 1.54) is 17.6 Å². The molecule has 7 heteroatoms. The average Bonchev–Trinajstić information content (AvgIpc) is 3.34. The molecule has 0 radical (unpaired) electrons. The van der Waals surface area contributed by atoms with Crippen molar-refractivity contribution >= 4 is 46.3 Å². The van der Waals surface area contributed by atoms with E-state index in [-0.39, 0.29) is 30.0 Å². The van der Waals surface area contributed by atoms with E-state index in [1.807, 2.05) is 19.9 Å². The van der Waals surface area contributed by atoms with Crippen molar-refractivity contribution in [1.29, 1.82) is 0 Å². The van der Waals surface area contributed by atoms with Gasteiger partial charge in [0.1, 0.15) is 0 Å². The Bertz CT molecular complexity index is 1020. The highest BCUT2D eigenvalue weighted by Gasteiger charge is 2.31. The van der Waals surface area contributed by atoms with Gasteiger partial charge in [0, 0.05) is 4.88 Å². The zero-order valence-electron chi connectivity index (χ0n) is 16.2. The Morgan fingerprint density at radius 2 is 1.90 bits per heavy atom. The topological polar surface area (TPSA) is 56.5 Å². The van der Waals surface area contributed by atoms with Gasteiger partial charge in [-0.15, -0.1) is 11.3 Å². The number of carbonyl (C=O) groups excluding carboxylic acids is 2. The predicted molar refractivity (Wildman–Crippen MR) is 116 cm³/mol. The fourth-order valence-electron chi connectivity index (χ4n) is 3.13. The van der Waals surface area contributed by atoms with Gasteiger partial charge in [0.2, 0.25) is 5.78 Å². The predicted octanol–water partition coefficient (Wildman–Crippen LogP) is 6.85. The van der Waals surface area contributed by atoms with E-state index >= 15 is 0 Å². The van der Waals surface area contributed by atoms with E-state index in [2.05, 4.69) is 0 Å². The smallest absolute Gasteiger partial charge is 0.313 e. The molecule has 1 aromatic carbocycles. The third kappa shape index (κ3) is 4.58. The van der Waals surface area contributed by atoms with Gasteiger partial charge in [-0.05, 0) is 54.3 Å². The molecule has 152 valence electrons. The molecule has 0 bridgehead atoms. The maximum Gasteiger partial charge on any atom is 0.313 e. The zero-order valence-corrected chi connectivity index (χ0v) is 18.5. The van der Waals surface area contributed by atoms with E-state index in [9.17, 15) is 9.59 Å². The number of benzene rings is 1. The van der Waals surface area contributed by atoms with Crippen LogP contribution in [0.1, 0.15) is 47.7 Å². The van der Waals surface area contributed by atoms with Crippen LogP contribution in [0.15, 0.2) is 47.1 Å². The summed E-state index contributed by atoms with van der Waals surface area (Å²) in [5, 5.41) is 0.839. The van der Waals surface area contributed by atoms with Crippen LogP contribution < -0.4 is 0 Å². The molecule has 0 aliphatic rings. The van der Waals surface area contributed by atoms with Gasteiger partial charge >= 0.3 is 5.97 Å². The molecular weight excluding hydrogens is 431 g/mol. The van der Waals surface area contributed by atoms with Crippen LogP contribution in [0, 0.1) is 5.92 Å². The Morgan fingerprint density at radius 1 is 1.14 bits per heavy atom. The number of rotatable bonds is 7. The normalized spacial score (nSPS) is 12.2. The van der Waals surface area contributed by atoms with Crippen molar-refractivity contribution in [3.63, 3.8) is 0 Å². The number of ketones is 1. The standard InChI is InChI=1S/C22H20Cl2O4S/c1-4-27-22(26)19(12(2)3)14-11-18(20(25)17-6-5-9-28-17)29-21(14)13-7-8-15(23)16(24)10-13/h5-12,19H,4H2,1-3H3. The van der Waals surface area contributed by atoms with Crippen LogP contribution in [-0.2, 0) is 9.53 Å². The van der Waals surface area contributed by atoms with Crippen molar-refractivity contribution in [2.75, 3.05) is 6.61 Å². The first kappa shape index (κ1) is 21.6. The lowest BCUT2D eigenvalue weighted by Crippen LogP contribution is -2.21. The molecule has 0 aliphatic carbocycles. The molecular formula is C22H20Cl2O4S. The minimum atomic E-state index is -0.520. The zero-order chi connectivity index (χ0) is 21.1. The second kappa shape index (κ2) is 9.16. The van der Waals surface area contributed by atoms with Gasteiger partial charge in [-0.25, -0.2) is 0 Å². The fourth-order valence-corrected chi connectivity index (χ4v) is 4.58. The number of furan rings is 1. The van der Waals surface area contributed by atoms with Crippen molar-refractivity contribution in [3.8, 4) is 10.4 Å². The molecule has 0 N–H and O–H groups in total. The van der Waals surface area contributed by atoms with Gasteiger partial charge in [0.15, 0.2) is 5.76 Å². The molecule has 0 saturated carbocycles. The van der Waals surface area contributed by atoms with Crippen LogP contribution in [0.2, 0.25) is 10.0 Å². The Morgan fingerprint density at radius 3 is 2.48 bits per heavy atom. The van der Waals surface area contributed by atoms with Crippen LogP contribution in [-0.4, -0.2) is 18.4 Å². The maximum absolute atomic E-state index is 12.9. The van der Waals surface area contributed by atoms with Crippen molar-refractivity contribution in [2.24, 2.45) is 5.92 Å². The lowest BCUT2D eigenvalue weighted by molar-refractivity contribution is -0.146. The van der Waals surface area contributed by atoms with Gasteiger partial charge in [0.25, 0.3) is 0 Å². The summed E-state index contributed by atoms with van der Waals surface area (Å²) in [6.45, 7) is 5.96. The van der Waals surface area contributed by atoms with Gasteiger partial charge in [-0.3, -0.25) is 9.59 Å². The molecule has 2 heterocycles. The van der Waals surface area contributed by atoms with Gasteiger partial charge in [-0.1, -0.05) is 43.1 Å². The number of hydrogen-bond donors (Lipinski definition) is 0. The molecule has 1 atom stereocenters. The van der Waals surface area contributed by atoms with Crippen LogP contribution >= 0.6 is 34.5 Å². The molecule has 1 unspecified atom stereocenters. The highest BCUT2D eigenvalue weighted by Crippen LogP contribution is 2.42. The third-order valence-electron chi connectivity index (χ3n) is 4.45. The minimum Gasteiger partial charge on any atom is -0.466 e. The molecule has 0 fully saturated rings. The van der Waals surface area contributed by atoms with Gasteiger partial charge in [0.05, 0.1) is 33.7 Å². The van der Waals surface area contributed by atoms with E-state index in [0.29, 0.717) is 14.9 Å². The first-order chi connectivity index (χ1) is 13.8. The number of esters is 1. The van der Waals surface area contributed by atoms with Crippen molar-refractivity contribution < 1.29 is 18.7 Å². The largest absolute Gasteiger partial charge is 0.466 e. The number of carbonyl (C=O) groups is 2. The summed E-state index contributed by atoms with van der Waals surface area (Å²) in [6, 6.07) is 10.3. The van der Waals surface area contributed by atoms with E-state index < -0.39 is 5.92 Å². The minimum absolute atomic E-state index is 0.0308. The second-order valence-electron chi connectivity index (χ2n) is 6.80. The summed E-state index contributed by atoms with van der Waals surface area (Å²) in [4.78, 5) is 26.9. The van der Waals surface area contributed by atoms with Crippen LogP contribution in [0.25, 0.3) is 10.4 Å². The highest BCUT2D eigenvalue weighted by molar-refractivity contribution is 7.17. The Balaban J connectivity index is 2.17. The summed E-state index contributed by atoms with van der Waals surface area (Å²) < 4.78 is 10.6. The van der Waals surface area contributed by atoms with Gasteiger partial charge in [-0.2, -0.15) is 0 Å². The fraction of sp³-hybridized carbons (Fsp3) is 0.273. The number of ether oxygens (including phenoxy) is 1. The molecule has 3 rings (SSSR count). The summed E-state index contributed by atoms with van der Waals surface area (Å²) >= 11 is 13.6. The van der Waals surface area contributed by atoms with Crippen LogP contribution in [0.3, 0.4) is 0 Å². The molecule has 4 nitrogen and oxygen atoms in total. The number of thiophene rings is 1. The van der Waals surface area contributed by atoms with Crippen LogP contribution in [0.5, 0.6) is 0 Å². The lowest BCUT2D eigenvalue weighted by atomic mass is 9.87. The Kier molecular flexibility index (Phi) is 6.83. The molecule has 0 spiro atoms. The molecule has 0 aliphatic heterocycles. The third-order valence-corrected chi connectivity index (χ3v) is 6.39. The summed E-state index contributed by atoms with van der Waals surface area (Å²) in [7, 11) is 0. The van der Waals surface area contributed by atoms with Gasteiger partial charge < -0.3 is 9.15 Å². The average molecular weight is 451 g/mol. The quantitative estimate of drug-likeness (QED) is 0.291. The summed E-state index contributed by atoms with van der Waals surface area (Å²) in [5.74, 6) is -0.862. The molecule has 0 saturated heterocycles. The second-order valence-corrected chi connectivity index (χ2v) is 8.67. The number of halogens is 2. The lowest BCUT2D eigenvalue weighted by Gasteiger charge is -2.20. The van der Waals surface area contributed by atoms with E-state index in [0.717, 1.165) is 16.0 Å². The molecule has 3 aromatic rings. The SMILES string of the molecule is CCOC(=O)C(c1cc(C(=O)c2ccco2)sc1-c1ccc(Cl)c(Cl)c1)C(C)C. The van der Waals surface area contributed by atoms with Crippen molar-refractivity contribution in [1.82, 2.24) is 0 Å². The monoisotopic (exact) mass is 450 g/mol. The van der Waals surface area contributed by atoms with Crippen molar-refractivity contribution in [3.05, 3.63) is 68.9 Å². The molecule has 0 amide bonds. The van der Waals surface area contributed by atoms with E-state index in [4.69, 9.17) is 32.4 Å². The highest BCUT2D eigenvalue weighted by atomic mass is 35.5. The molecule has 2 aromatic heterocycles.